The fourth-order valence-corrected chi connectivity index (χ4v) is 5.72. The molecule has 5 rings (SSSR count). The molecular formula is C20H24FN5O3S. The lowest BCUT2D eigenvalue weighted by Gasteiger charge is -2.16. The molecule has 10 heteroatoms. The molecule has 2 aliphatic carbocycles. The molecule has 0 unspecified atom stereocenters. The summed E-state index contributed by atoms with van der Waals surface area (Å²) in [5.74, 6) is 0.149. The van der Waals surface area contributed by atoms with Crippen molar-refractivity contribution >= 4 is 21.6 Å². The SMILES string of the molecule is CC1(C)COc2c([S@](N)(=O)=NC(=O)Nc3c4c(c(F)c5c3CCC5)CCC4)cnn21. The van der Waals surface area contributed by atoms with Crippen molar-refractivity contribution in [1.82, 2.24) is 9.78 Å². The van der Waals surface area contributed by atoms with Gasteiger partial charge >= 0.3 is 6.03 Å². The Morgan fingerprint density at radius 1 is 1.23 bits per heavy atom. The average molecular weight is 434 g/mol. The predicted octanol–water partition coefficient (Wildman–Crippen LogP) is 3.06. The van der Waals surface area contributed by atoms with E-state index in [-0.39, 0.29) is 16.6 Å². The van der Waals surface area contributed by atoms with Gasteiger partial charge in [-0.15, -0.1) is 4.36 Å². The number of benzene rings is 1. The maximum atomic E-state index is 14.8. The molecule has 0 fully saturated rings. The van der Waals surface area contributed by atoms with Crippen LogP contribution in [0.2, 0.25) is 0 Å². The molecule has 0 spiro atoms. The van der Waals surface area contributed by atoms with E-state index in [1.807, 2.05) is 13.8 Å². The second-order valence-corrected chi connectivity index (χ2v) is 10.5. The smallest absolute Gasteiger partial charge is 0.354 e. The van der Waals surface area contributed by atoms with Gasteiger partial charge < -0.3 is 10.1 Å². The summed E-state index contributed by atoms with van der Waals surface area (Å²) >= 11 is 0. The van der Waals surface area contributed by atoms with E-state index in [9.17, 15) is 13.4 Å². The first kappa shape index (κ1) is 19.5. The summed E-state index contributed by atoms with van der Waals surface area (Å²) in [7, 11) is -3.57. The van der Waals surface area contributed by atoms with Crippen molar-refractivity contribution in [3.05, 3.63) is 34.3 Å². The molecule has 160 valence electrons. The van der Waals surface area contributed by atoms with E-state index in [1.165, 1.54) is 6.20 Å². The maximum absolute atomic E-state index is 14.8. The van der Waals surface area contributed by atoms with Crippen molar-refractivity contribution in [2.75, 3.05) is 11.9 Å². The van der Waals surface area contributed by atoms with Crippen LogP contribution in [-0.4, -0.2) is 26.6 Å². The number of carbonyl (C=O) groups excluding carboxylic acids is 1. The highest BCUT2D eigenvalue weighted by Crippen LogP contribution is 2.41. The third-order valence-corrected chi connectivity index (χ3v) is 7.51. The van der Waals surface area contributed by atoms with Gasteiger partial charge in [0.15, 0.2) is 9.92 Å². The van der Waals surface area contributed by atoms with Crippen molar-refractivity contribution < 1.29 is 18.1 Å². The summed E-state index contributed by atoms with van der Waals surface area (Å²) in [5.41, 5.74) is 3.25. The number of rotatable bonds is 2. The second-order valence-electron chi connectivity index (χ2n) is 8.73. The number of hydrogen-bond donors (Lipinski definition) is 2. The number of hydrogen-bond acceptors (Lipinski definition) is 4. The summed E-state index contributed by atoms with van der Waals surface area (Å²) in [6.45, 7) is 4.22. The molecule has 0 radical (unpaired) electrons. The van der Waals surface area contributed by atoms with Gasteiger partial charge in [-0.1, -0.05) is 0 Å². The molecule has 3 aliphatic rings. The molecule has 30 heavy (non-hydrogen) atoms. The summed E-state index contributed by atoms with van der Waals surface area (Å²) in [4.78, 5) is 12.8. The largest absolute Gasteiger partial charge is 0.474 e. The minimum absolute atomic E-state index is 0.0952. The molecule has 2 aromatic rings. The molecule has 2 heterocycles. The highest BCUT2D eigenvalue weighted by molar-refractivity contribution is 7.91. The minimum atomic E-state index is -3.57. The Bertz CT molecular complexity index is 1170. The standard InChI is InChI=1S/C20H24FN5O3S/c1-20(2)10-29-18-15(9-23-26(18)20)30(22,28)25-19(27)24-17-13-7-3-5-11(13)16(21)12-6-4-8-14(12)17/h9H,3-8,10H2,1-2H3,(H3,22,24,25,27,28)/t30-/m1/s1. The zero-order chi connectivity index (χ0) is 21.3. The number of nitrogens with one attached hydrogen (secondary N) is 1. The number of halogens is 1. The van der Waals surface area contributed by atoms with Gasteiger partial charge in [0, 0.05) is 5.69 Å². The molecule has 2 amide bonds. The van der Waals surface area contributed by atoms with Gasteiger partial charge in [0.2, 0.25) is 5.88 Å². The number of anilines is 1. The second kappa shape index (κ2) is 6.52. The van der Waals surface area contributed by atoms with Crippen LogP contribution in [0.4, 0.5) is 14.9 Å². The van der Waals surface area contributed by atoms with Crippen molar-refractivity contribution in [2.45, 2.75) is 62.8 Å². The number of nitrogens with two attached hydrogens (primary N) is 1. The van der Waals surface area contributed by atoms with Gasteiger partial charge in [-0.05, 0) is 74.6 Å². The Labute approximate surface area is 174 Å². The van der Waals surface area contributed by atoms with Gasteiger partial charge in [-0.2, -0.15) is 5.10 Å². The van der Waals surface area contributed by atoms with Crippen LogP contribution < -0.4 is 15.2 Å². The van der Waals surface area contributed by atoms with E-state index in [1.54, 1.807) is 4.68 Å². The highest BCUT2D eigenvalue weighted by Gasteiger charge is 2.37. The Hall–Kier alpha value is -2.46. The van der Waals surface area contributed by atoms with Crippen molar-refractivity contribution in [2.24, 2.45) is 9.50 Å². The molecule has 8 nitrogen and oxygen atoms in total. The third kappa shape index (κ3) is 2.84. The number of urea groups is 1. The van der Waals surface area contributed by atoms with E-state index in [0.717, 1.165) is 24.0 Å². The van der Waals surface area contributed by atoms with Crippen LogP contribution in [0.25, 0.3) is 0 Å². The van der Waals surface area contributed by atoms with Gasteiger partial charge in [-0.25, -0.2) is 23.2 Å². The van der Waals surface area contributed by atoms with Crippen LogP contribution in [0.5, 0.6) is 5.88 Å². The Balaban J connectivity index is 1.51. The number of ether oxygens (including phenoxy) is 1. The van der Waals surface area contributed by atoms with Crippen molar-refractivity contribution in [1.29, 1.82) is 0 Å². The fourth-order valence-electron chi connectivity index (χ4n) is 4.73. The lowest BCUT2D eigenvalue weighted by atomic mass is 9.98. The molecule has 3 N–H and O–H groups in total. The first-order chi connectivity index (χ1) is 14.2. The summed E-state index contributed by atoms with van der Waals surface area (Å²) < 4.78 is 38.9. The van der Waals surface area contributed by atoms with Crippen LogP contribution in [0.3, 0.4) is 0 Å². The highest BCUT2D eigenvalue weighted by atomic mass is 32.2. The molecule has 0 saturated heterocycles. The predicted molar refractivity (Wildman–Crippen MR) is 110 cm³/mol. The Kier molecular flexibility index (Phi) is 4.24. The minimum Gasteiger partial charge on any atom is -0.474 e. The normalized spacial score (nSPS) is 20.1. The van der Waals surface area contributed by atoms with Gasteiger partial charge in [0.25, 0.3) is 0 Å². The van der Waals surface area contributed by atoms with Crippen LogP contribution in [0.15, 0.2) is 15.5 Å². The van der Waals surface area contributed by atoms with Gasteiger partial charge in [0.1, 0.15) is 17.3 Å². The van der Waals surface area contributed by atoms with Crippen LogP contribution in [-0.2, 0) is 41.1 Å². The van der Waals surface area contributed by atoms with Crippen LogP contribution in [0, 0.1) is 5.82 Å². The topological polar surface area (TPSA) is 112 Å². The molecule has 1 aromatic heterocycles. The quantitative estimate of drug-likeness (QED) is 0.758. The third-order valence-electron chi connectivity index (χ3n) is 6.16. The van der Waals surface area contributed by atoms with Gasteiger partial charge in [0.05, 0.1) is 11.7 Å². The maximum Gasteiger partial charge on any atom is 0.354 e. The number of amides is 2. The zero-order valence-corrected chi connectivity index (χ0v) is 17.8. The lowest BCUT2D eigenvalue weighted by Crippen LogP contribution is -2.26. The molecule has 1 aliphatic heterocycles. The fraction of sp³-hybridized carbons (Fsp3) is 0.500. The summed E-state index contributed by atoms with van der Waals surface area (Å²) in [6.07, 6.45) is 5.76. The number of nitrogens with zero attached hydrogens (tertiary/aromatic N) is 3. The van der Waals surface area contributed by atoms with E-state index >= 15 is 0 Å². The summed E-state index contributed by atoms with van der Waals surface area (Å²) in [5, 5.41) is 12.9. The summed E-state index contributed by atoms with van der Waals surface area (Å²) in [6, 6.07) is -0.811. The van der Waals surface area contributed by atoms with Crippen molar-refractivity contribution in [3.63, 3.8) is 0 Å². The number of aromatic nitrogens is 2. The Morgan fingerprint density at radius 3 is 2.47 bits per heavy atom. The Morgan fingerprint density at radius 2 is 1.83 bits per heavy atom. The lowest BCUT2D eigenvalue weighted by molar-refractivity contribution is 0.259. The first-order valence-corrected chi connectivity index (χ1v) is 11.7. The van der Waals surface area contributed by atoms with Gasteiger partial charge in [-0.3, -0.25) is 0 Å². The average Bonchev–Trinajstić information content (AvgIpc) is 3.44. The monoisotopic (exact) mass is 433 g/mol. The van der Waals surface area contributed by atoms with Crippen LogP contribution in [0.1, 0.15) is 48.9 Å². The van der Waals surface area contributed by atoms with E-state index in [2.05, 4.69) is 14.8 Å². The van der Waals surface area contributed by atoms with E-state index in [0.29, 0.717) is 49.1 Å². The first-order valence-electron chi connectivity index (χ1n) is 10.1. The molecular weight excluding hydrogens is 409 g/mol. The number of fused-ring (bicyclic) bond motifs is 3. The molecule has 1 atom stereocenters. The number of carbonyl (C=O) groups is 1. The van der Waals surface area contributed by atoms with E-state index < -0.39 is 21.5 Å². The van der Waals surface area contributed by atoms with E-state index in [4.69, 9.17) is 9.88 Å². The van der Waals surface area contributed by atoms with Crippen LogP contribution >= 0.6 is 0 Å². The van der Waals surface area contributed by atoms with Crippen molar-refractivity contribution in [3.8, 4) is 5.88 Å². The zero-order valence-electron chi connectivity index (χ0n) is 17.0. The molecule has 0 saturated carbocycles. The molecule has 0 bridgehead atoms. The molecule has 1 aromatic carbocycles.